The second-order valence-electron chi connectivity index (χ2n) is 3.30. The van der Waals surface area contributed by atoms with Gasteiger partial charge in [0.05, 0.1) is 25.9 Å². The van der Waals surface area contributed by atoms with E-state index >= 15 is 0 Å². The summed E-state index contributed by atoms with van der Waals surface area (Å²) in [6.07, 6.45) is -1.51. The molecule has 1 unspecified atom stereocenters. The molecule has 0 radical (unpaired) electrons. The van der Waals surface area contributed by atoms with Crippen molar-refractivity contribution in [3.05, 3.63) is 0 Å². The minimum absolute atomic E-state index is 0.0902. The van der Waals surface area contributed by atoms with E-state index in [0.717, 1.165) is 4.90 Å². The van der Waals surface area contributed by atoms with Gasteiger partial charge in [-0.15, -0.1) is 0 Å². The lowest BCUT2D eigenvalue weighted by molar-refractivity contribution is -0.146. The maximum absolute atomic E-state index is 11.6. The lowest BCUT2D eigenvalue weighted by Gasteiger charge is -2.30. The molecule has 0 aromatic heterocycles. The minimum atomic E-state index is -1.39. The number of amides is 1. The van der Waals surface area contributed by atoms with Gasteiger partial charge in [-0.05, 0) is 0 Å². The van der Waals surface area contributed by atoms with Crippen molar-refractivity contribution in [3.8, 4) is 0 Å². The molecule has 0 fully saturated rings. The van der Waals surface area contributed by atoms with E-state index in [0.29, 0.717) is 0 Å². The van der Waals surface area contributed by atoms with Gasteiger partial charge in [0.1, 0.15) is 6.10 Å². The van der Waals surface area contributed by atoms with Gasteiger partial charge in [-0.25, -0.2) is 0 Å². The number of rotatable bonds is 8. The fourth-order valence-electron chi connectivity index (χ4n) is 1.27. The third kappa shape index (κ3) is 4.42. The molecule has 0 bridgehead atoms. The van der Waals surface area contributed by atoms with Crippen molar-refractivity contribution in [1.82, 2.24) is 4.90 Å². The highest BCUT2D eigenvalue weighted by Crippen LogP contribution is 2.04. The number of carbonyl (C=O) groups is 1. The van der Waals surface area contributed by atoms with Crippen molar-refractivity contribution in [2.75, 3.05) is 33.0 Å². The summed E-state index contributed by atoms with van der Waals surface area (Å²) < 4.78 is 0. The third-order valence-corrected chi connectivity index (χ3v) is 2.17. The highest BCUT2D eigenvalue weighted by molar-refractivity contribution is 5.81. The van der Waals surface area contributed by atoms with Gasteiger partial charge in [0.25, 0.3) is 5.91 Å². The number of aliphatic hydroxyl groups excluding tert-OH is 5. The zero-order valence-electron chi connectivity index (χ0n) is 8.99. The van der Waals surface area contributed by atoms with Gasteiger partial charge in [-0.2, -0.15) is 0 Å². The second-order valence-corrected chi connectivity index (χ2v) is 3.30. The molecule has 0 rings (SSSR count). The molecule has 0 aliphatic carbocycles. The zero-order chi connectivity index (χ0) is 12.6. The first-order valence-electron chi connectivity index (χ1n) is 5.04. The molecule has 0 aromatic rings. The van der Waals surface area contributed by atoms with Crippen LogP contribution in [0.15, 0.2) is 0 Å². The van der Waals surface area contributed by atoms with Crippen molar-refractivity contribution in [3.63, 3.8) is 0 Å². The summed E-state index contributed by atoms with van der Waals surface area (Å²) in [7, 11) is 0. The Morgan fingerprint density at radius 2 is 1.62 bits per heavy atom. The van der Waals surface area contributed by atoms with Gasteiger partial charge in [-0.1, -0.05) is 0 Å². The molecule has 16 heavy (non-hydrogen) atoms. The van der Waals surface area contributed by atoms with Crippen LogP contribution in [0, 0.1) is 0 Å². The van der Waals surface area contributed by atoms with Crippen LogP contribution in [0.5, 0.6) is 0 Å². The number of aliphatic hydroxyl groups is 5. The fraction of sp³-hybridized carbons (Fsp3) is 0.889. The fourth-order valence-corrected chi connectivity index (χ4v) is 1.27. The summed E-state index contributed by atoms with van der Waals surface area (Å²) in [5, 5.41) is 44.5. The molecular weight excluding hydrogens is 218 g/mol. The largest absolute Gasteiger partial charge is 0.396 e. The zero-order valence-corrected chi connectivity index (χ0v) is 8.99. The summed E-state index contributed by atoms with van der Waals surface area (Å²) in [5.74, 6) is -0.726. The van der Waals surface area contributed by atoms with E-state index in [1.54, 1.807) is 0 Å². The summed E-state index contributed by atoms with van der Waals surface area (Å²) in [6.45, 7) is -1.70. The summed E-state index contributed by atoms with van der Waals surface area (Å²) in [4.78, 5) is 12.6. The molecule has 1 atom stereocenters. The van der Waals surface area contributed by atoms with E-state index in [1.165, 1.54) is 0 Å². The van der Waals surface area contributed by atoms with Gasteiger partial charge < -0.3 is 30.4 Å². The summed E-state index contributed by atoms with van der Waals surface area (Å²) in [5.41, 5.74) is 0. The molecule has 0 heterocycles. The minimum Gasteiger partial charge on any atom is -0.396 e. The Labute approximate surface area is 93.6 Å². The first-order valence-corrected chi connectivity index (χ1v) is 5.04. The Morgan fingerprint density at radius 1 is 1.06 bits per heavy atom. The van der Waals surface area contributed by atoms with E-state index < -0.39 is 31.3 Å². The smallest absolute Gasteiger partial charge is 0.251 e. The van der Waals surface area contributed by atoms with Crippen molar-refractivity contribution in [2.24, 2.45) is 0 Å². The van der Waals surface area contributed by atoms with Gasteiger partial charge in [0.15, 0.2) is 0 Å². The van der Waals surface area contributed by atoms with Gasteiger partial charge in [0.2, 0.25) is 0 Å². The van der Waals surface area contributed by atoms with Crippen LogP contribution in [-0.4, -0.2) is 81.5 Å². The summed E-state index contributed by atoms with van der Waals surface area (Å²) >= 11 is 0. The molecule has 7 nitrogen and oxygen atoms in total. The van der Waals surface area contributed by atoms with Crippen molar-refractivity contribution in [2.45, 2.75) is 18.6 Å². The van der Waals surface area contributed by atoms with Crippen LogP contribution in [-0.2, 0) is 4.79 Å². The quantitative estimate of drug-likeness (QED) is 0.305. The van der Waals surface area contributed by atoms with Gasteiger partial charge in [0, 0.05) is 19.6 Å². The Bertz CT molecular complexity index is 196. The molecule has 0 spiro atoms. The first kappa shape index (κ1) is 15.3. The Morgan fingerprint density at radius 3 is 2.00 bits per heavy atom. The first-order chi connectivity index (χ1) is 7.62. The molecule has 7 heteroatoms. The van der Waals surface area contributed by atoms with Crippen molar-refractivity contribution in [1.29, 1.82) is 0 Å². The van der Waals surface area contributed by atoms with Crippen LogP contribution >= 0.6 is 0 Å². The molecule has 0 aromatic carbocycles. The SMILES string of the molecule is O=C(C(O)CCO)N(CCO)C(CO)CO. The van der Waals surface area contributed by atoms with Crippen LogP contribution < -0.4 is 0 Å². The van der Waals surface area contributed by atoms with E-state index in [4.69, 9.17) is 20.4 Å². The topological polar surface area (TPSA) is 121 Å². The molecule has 0 aliphatic heterocycles. The average Bonchev–Trinajstić information content (AvgIpc) is 2.29. The van der Waals surface area contributed by atoms with Crippen LogP contribution in [0.4, 0.5) is 0 Å². The molecule has 0 saturated heterocycles. The van der Waals surface area contributed by atoms with Crippen LogP contribution in [0.1, 0.15) is 6.42 Å². The molecule has 96 valence electrons. The molecule has 1 amide bonds. The van der Waals surface area contributed by atoms with Crippen molar-refractivity contribution >= 4 is 5.91 Å². The van der Waals surface area contributed by atoms with Crippen LogP contribution in [0.2, 0.25) is 0 Å². The summed E-state index contributed by atoms with van der Waals surface area (Å²) in [6, 6.07) is -0.854. The molecule has 0 aliphatic rings. The maximum atomic E-state index is 11.6. The molecule has 0 saturated carbocycles. The number of nitrogens with zero attached hydrogens (tertiary/aromatic N) is 1. The van der Waals surface area contributed by atoms with E-state index in [1.807, 2.05) is 0 Å². The number of hydrogen-bond acceptors (Lipinski definition) is 6. The van der Waals surface area contributed by atoms with E-state index in [2.05, 4.69) is 0 Å². The van der Waals surface area contributed by atoms with Crippen LogP contribution in [0.25, 0.3) is 0 Å². The number of hydrogen-bond donors (Lipinski definition) is 5. The third-order valence-electron chi connectivity index (χ3n) is 2.17. The van der Waals surface area contributed by atoms with Gasteiger partial charge in [-0.3, -0.25) is 4.79 Å². The normalized spacial score (nSPS) is 12.9. The van der Waals surface area contributed by atoms with E-state index in [9.17, 15) is 9.90 Å². The monoisotopic (exact) mass is 237 g/mol. The second kappa shape index (κ2) is 8.43. The Kier molecular flexibility index (Phi) is 8.04. The molecule has 5 N–H and O–H groups in total. The average molecular weight is 237 g/mol. The van der Waals surface area contributed by atoms with Crippen LogP contribution in [0.3, 0.4) is 0 Å². The maximum Gasteiger partial charge on any atom is 0.251 e. The highest BCUT2D eigenvalue weighted by Gasteiger charge is 2.27. The lowest BCUT2D eigenvalue weighted by atomic mass is 10.2. The molecular formula is C9H19NO6. The predicted octanol–water partition coefficient (Wildman–Crippen LogP) is -3.10. The Hall–Kier alpha value is -0.730. The highest BCUT2D eigenvalue weighted by atomic mass is 16.3. The van der Waals surface area contributed by atoms with Gasteiger partial charge >= 0.3 is 0 Å². The predicted molar refractivity (Wildman–Crippen MR) is 54.5 cm³/mol. The Balaban J connectivity index is 4.55. The standard InChI is InChI=1S/C9H19NO6/c11-3-1-8(15)9(16)10(2-4-12)7(5-13)6-14/h7-8,11-15H,1-6H2. The lowest BCUT2D eigenvalue weighted by Crippen LogP contribution is -2.50. The number of carbonyl (C=O) groups excluding carboxylic acids is 1. The van der Waals surface area contributed by atoms with Crippen molar-refractivity contribution < 1.29 is 30.3 Å². The van der Waals surface area contributed by atoms with E-state index in [-0.39, 0.29) is 26.2 Å².